The van der Waals surface area contributed by atoms with Gasteiger partial charge in [0.1, 0.15) is 11.1 Å². The number of nitrogens with zero attached hydrogens (tertiary/aromatic N) is 2. The molecule has 1 aromatic carbocycles. The molecule has 1 saturated heterocycles. The summed E-state index contributed by atoms with van der Waals surface area (Å²) in [6.45, 7) is 0. The number of aromatic nitrogens is 1. The Morgan fingerprint density at radius 3 is 3.00 bits per heavy atom. The normalized spacial score (nSPS) is 18.1. The second-order valence-corrected chi connectivity index (χ2v) is 6.03. The molecule has 0 N–H and O–H groups in total. The summed E-state index contributed by atoms with van der Waals surface area (Å²) in [5, 5.41) is 0.457. The zero-order valence-electron chi connectivity index (χ0n) is 11.3. The molecule has 108 valence electrons. The molecular formula is C15H13ClN2O2S. The maximum Gasteiger partial charge on any atom is 0.238 e. The number of rotatable bonds is 3. The summed E-state index contributed by atoms with van der Waals surface area (Å²) in [5.74, 6) is 1.09. The predicted molar refractivity (Wildman–Crippen MR) is 84.9 cm³/mol. The van der Waals surface area contributed by atoms with E-state index in [2.05, 4.69) is 4.98 Å². The Morgan fingerprint density at radius 1 is 1.43 bits per heavy atom. The molecule has 1 aliphatic heterocycles. The van der Waals surface area contributed by atoms with Crippen molar-refractivity contribution in [1.29, 1.82) is 0 Å². The lowest BCUT2D eigenvalue weighted by molar-refractivity contribution is -0.115. The Hall–Kier alpha value is -1.72. The average Bonchev–Trinajstić information content (AvgIpc) is 2.89. The van der Waals surface area contributed by atoms with Crippen molar-refractivity contribution in [3.05, 3.63) is 53.3 Å². The highest BCUT2D eigenvalue weighted by atomic mass is 35.5. The summed E-state index contributed by atoms with van der Waals surface area (Å²) < 4.78 is 5.37. The van der Waals surface area contributed by atoms with Crippen molar-refractivity contribution < 1.29 is 9.53 Å². The van der Waals surface area contributed by atoms with Crippen molar-refractivity contribution in [3.63, 3.8) is 0 Å². The van der Waals surface area contributed by atoms with Crippen LogP contribution in [0.25, 0.3) is 0 Å². The monoisotopic (exact) mass is 320 g/mol. The minimum atomic E-state index is -0.112. The van der Waals surface area contributed by atoms with E-state index in [1.807, 2.05) is 12.1 Å². The van der Waals surface area contributed by atoms with E-state index in [0.717, 1.165) is 5.56 Å². The maximum absolute atomic E-state index is 12.3. The number of methoxy groups -OCH3 is 1. The predicted octanol–water partition coefficient (Wildman–Crippen LogP) is 3.52. The van der Waals surface area contributed by atoms with Crippen molar-refractivity contribution in [2.45, 2.75) is 5.37 Å². The number of carbonyl (C=O) groups excluding carboxylic acids is 1. The van der Waals surface area contributed by atoms with Crippen LogP contribution < -0.4 is 9.64 Å². The van der Waals surface area contributed by atoms with Crippen molar-refractivity contribution in [2.75, 3.05) is 17.8 Å². The highest BCUT2D eigenvalue weighted by Gasteiger charge is 2.35. The minimum absolute atomic E-state index is 0.0365. The van der Waals surface area contributed by atoms with Crippen molar-refractivity contribution in [3.8, 4) is 5.75 Å². The standard InChI is InChI=1S/C15H13ClN2O2S/c1-20-13-5-4-11(16)7-12(13)18-14(19)9-21-15(18)10-3-2-6-17-8-10/h2-8,15H,9H2,1H3/t15-/m1/s1. The van der Waals surface area contributed by atoms with Crippen LogP contribution in [-0.2, 0) is 4.79 Å². The number of amides is 1. The molecule has 1 fully saturated rings. The summed E-state index contributed by atoms with van der Waals surface area (Å²) in [5.41, 5.74) is 1.67. The molecule has 0 unspecified atom stereocenters. The highest BCUT2D eigenvalue weighted by molar-refractivity contribution is 8.00. The van der Waals surface area contributed by atoms with Gasteiger partial charge in [-0.1, -0.05) is 17.7 Å². The van der Waals surface area contributed by atoms with Gasteiger partial charge in [-0.05, 0) is 24.3 Å². The van der Waals surface area contributed by atoms with Crippen LogP contribution in [0.4, 0.5) is 5.69 Å². The number of anilines is 1. The maximum atomic E-state index is 12.3. The molecule has 3 rings (SSSR count). The van der Waals surface area contributed by atoms with Gasteiger partial charge in [0.25, 0.3) is 0 Å². The van der Waals surface area contributed by atoms with E-state index in [9.17, 15) is 4.79 Å². The Balaban J connectivity index is 2.06. The molecule has 0 spiro atoms. The summed E-state index contributed by atoms with van der Waals surface area (Å²) in [6, 6.07) is 9.11. The van der Waals surface area contributed by atoms with E-state index in [1.165, 1.54) is 0 Å². The van der Waals surface area contributed by atoms with Crippen LogP contribution in [-0.4, -0.2) is 23.8 Å². The zero-order valence-corrected chi connectivity index (χ0v) is 12.9. The van der Waals surface area contributed by atoms with E-state index >= 15 is 0 Å². The number of pyridine rings is 1. The van der Waals surface area contributed by atoms with Crippen molar-refractivity contribution >= 4 is 35.0 Å². The molecule has 1 atom stereocenters. The highest BCUT2D eigenvalue weighted by Crippen LogP contribution is 2.45. The molecule has 2 aromatic rings. The molecule has 0 aliphatic carbocycles. The summed E-state index contributed by atoms with van der Waals surface area (Å²) in [7, 11) is 1.58. The first-order chi connectivity index (χ1) is 10.2. The van der Waals surface area contributed by atoms with Crippen LogP contribution in [0, 0.1) is 0 Å². The van der Waals surface area contributed by atoms with Gasteiger partial charge in [-0.15, -0.1) is 11.8 Å². The van der Waals surface area contributed by atoms with E-state index in [-0.39, 0.29) is 11.3 Å². The van der Waals surface area contributed by atoms with Crippen molar-refractivity contribution in [2.24, 2.45) is 0 Å². The van der Waals surface area contributed by atoms with Crippen LogP contribution in [0.1, 0.15) is 10.9 Å². The third-order valence-electron chi connectivity index (χ3n) is 3.24. The first-order valence-corrected chi connectivity index (χ1v) is 7.80. The number of carbonyl (C=O) groups is 1. The van der Waals surface area contributed by atoms with E-state index in [0.29, 0.717) is 22.2 Å². The second kappa shape index (κ2) is 5.95. The summed E-state index contributed by atoms with van der Waals surface area (Å²) in [6.07, 6.45) is 3.50. The smallest absolute Gasteiger partial charge is 0.238 e. The molecule has 0 bridgehead atoms. The van der Waals surface area contributed by atoms with Gasteiger partial charge in [-0.2, -0.15) is 0 Å². The third-order valence-corrected chi connectivity index (χ3v) is 4.69. The Labute approximate surface area is 132 Å². The van der Waals surface area contributed by atoms with Gasteiger partial charge < -0.3 is 4.74 Å². The largest absolute Gasteiger partial charge is 0.495 e. The minimum Gasteiger partial charge on any atom is -0.495 e. The molecule has 0 radical (unpaired) electrons. The van der Waals surface area contributed by atoms with Gasteiger partial charge in [-0.3, -0.25) is 14.7 Å². The molecule has 4 nitrogen and oxygen atoms in total. The number of hydrogen-bond acceptors (Lipinski definition) is 4. The van der Waals surface area contributed by atoms with Gasteiger partial charge >= 0.3 is 0 Å². The lowest BCUT2D eigenvalue weighted by Gasteiger charge is -2.25. The van der Waals surface area contributed by atoms with Crippen LogP contribution in [0.2, 0.25) is 5.02 Å². The van der Waals surface area contributed by atoms with Crippen LogP contribution in [0.15, 0.2) is 42.7 Å². The number of thioether (sulfide) groups is 1. The number of benzene rings is 1. The molecule has 21 heavy (non-hydrogen) atoms. The van der Waals surface area contributed by atoms with Crippen LogP contribution >= 0.6 is 23.4 Å². The zero-order chi connectivity index (χ0) is 14.8. The van der Waals surface area contributed by atoms with Crippen LogP contribution in [0.3, 0.4) is 0 Å². The molecule has 1 amide bonds. The molecule has 2 heterocycles. The Kier molecular flexibility index (Phi) is 4.03. The quantitative estimate of drug-likeness (QED) is 0.867. The van der Waals surface area contributed by atoms with Gasteiger partial charge in [-0.25, -0.2) is 0 Å². The fraction of sp³-hybridized carbons (Fsp3) is 0.200. The summed E-state index contributed by atoms with van der Waals surface area (Å²) >= 11 is 7.65. The lowest BCUT2D eigenvalue weighted by Crippen LogP contribution is -2.28. The fourth-order valence-electron chi connectivity index (χ4n) is 2.30. The van der Waals surface area contributed by atoms with Gasteiger partial charge in [0.15, 0.2) is 0 Å². The second-order valence-electron chi connectivity index (χ2n) is 4.53. The third kappa shape index (κ3) is 2.71. The van der Waals surface area contributed by atoms with E-state index in [1.54, 1.807) is 54.4 Å². The number of halogens is 1. The first-order valence-electron chi connectivity index (χ1n) is 6.38. The number of ether oxygens (including phenoxy) is 1. The molecule has 0 saturated carbocycles. The first kappa shape index (κ1) is 14.2. The summed E-state index contributed by atoms with van der Waals surface area (Å²) in [4.78, 5) is 18.2. The SMILES string of the molecule is COc1ccc(Cl)cc1N1C(=O)CS[C@@H]1c1cccnc1. The average molecular weight is 321 g/mol. The van der Waals surface area contributed by atoms with Gasteiger partial charge in [0, 0.05) is 23.0 Å². The lowest BCUT2D eigenvalue weighted by atomic mass is 10.2. The fourth-order valence-corrected chi connectivity index (χ4v) is 3.62. The van der Waals surface area contributed by atoms with Gasteiger partial charge in [0.05, 0.1) is 18.6 Å². The molecule has 6 heteroatoms. The Bertz CT molecular complexity index is 666. The van der Waals surface area contributed by atoms with Gasteiger partial charge in [0.2, 0.25) is 5.91 Å². The Morgan fingerprint density at radius 2 is 2.29 bits per heavy atom. The number of hydrogen-bond donors (Lipinski definition) is 0. The molecule has 1 aliphatic rings. The van der Waals surface area contributed by atoms with Crippen LogP contribution in [0.5, 0.6) is 5.75 Å². The topological polar surface area (TPSA) is 42.4 Å². The molecular weight excluding hydrogens is 308 g/mol. The molecule has 1 aromatic heterocycles. The van der Waals surface area contributed by atoms with E-state index < -0.39 is 0 Å². The van der Waals surface area contributed by atoms with Crippen molar-refractivity contribution in [1.82, 2.24) is 4.98 Å². The van der Waals surface area contributed by atoms with E-state index in [4.69, 9.17) is 16.3 Å².